The average molecular weight is 209 g/mol. The van der Waals surface area contributed by atoms with E-state index >= 15 is 0 Å². The van der Waals surface area contributed by atoms with Crippen molar-refractivity contribution in [2.24, 2.45) is 5.92 Å². The second-order valence-corrected chi connectivity index (χ2v) is 4.49. The molecule has 1 aromatic rings. The Bertz CT molecular complexity index is 313. The highest BCUT2D eigenvalue weighted by Crippen LogP contribution is 2.12. The predicted molar refractivity (Wildman–Crippen MR) is 63.9 cm³/mol. The number of nitrogens with one attached hydrogen (secondary N) is 1. The molecule has 3 heteroatoms. The Hall–Kier alpha value is -0.830. The molecule has 0 aliphatic rings. The van der Waals surface area contributed by atoms with Gasteiger partial charge in [0.2, 0.25) is 0 Å². The maximum absolute atomic E-state index is 4.50. The molecule has 3 nitrogen and oxygen atoms in total. The minimum Gasteiger partial charge on any atom is -0.312 e. The van der Waals surface area contributed by atoms with E-state index in [4.69, 9.17) is 0 Å². The predicted octanol–water partition coefficient (Wildman–Crippen LogP) is 2.27. The van der Waals surface area contributed by atoms with Gasteiger partial charge in [0.1, 0.15) is 0 Å². The number of hydrogen-bond donors (Lipinski definition) is 1. The first-order valence-electron chi connectivity index (χ1n) is 5.79. The Morgan fingerprint density at radius 1 is 1.33 bits per heavy atom. The summed E-state index contributed by atoms with van der Waals surface area (Å²) in [5.74, 6) is 0.701. The zero-order valence-corrected chi connectivity index (χ0v) is 10.6. The van der Waals surface area contributed by atoms with Crippen molar-refractivity contribution in [2.45, 2.75) is 47.7 Å². The van der Waals surface area contributed by atoms with Gasteiger partial charge in [0, 0.05) is 24.3 Å². The van der Waals surface area contributed by atoms with E-state index in [0.29, 0.717) is 5.92 Å². The van der Waals surface area contributed by atoms with Gasteiger partial charge in [0.05, 0.1) is 5.69 Å². The number of hydrogen-bond acceptors (Lipinski definition) is 2. The summed E-state index contributed by atoms with van der Waals surface area (Å²) in [4.78, 5) is 0. The summed E-state index contributed by atoms with van der Waals surface area (Å²) in [6, 6.07) is 0. The van der Waals surface area contributed by atoms with Crippen molar-refractivity contribution in [3.8, 4) is 0 Å². The molecule has 0 aliphatic heterocycles. The summed E-state index contributed by atoms with van der Waals surface area (Å²) in [6.45, 7) is 13.8. The summed E-state index contributed by atoms with van der Waals surface area (Å²) in [7, 11) is 0. The molecule has 0 saturated carbocycles. The van der Waals surface area contributed by atoms with Crippen LogP contribution in [-0.4, -0.2) is 16.3 Å². The summed E-state index contributed by atoms with van der Waals surface area (Å²) < 4.78 is 2.07. The molecule has 0 atom stereocenters. The second kappa shape index (κ2) is 5.31. The first-order valence-corrected chi connectivity index (χ1v) is 5.79. The normalized spacial score (nSPS) is 11.3. The van der Waals surface area contributed by atoms with Crippen LogP contribution >= 0.6 is 0 Å². The third kappa shape index (κ3) is 3.06. The van der Waals surface area contributed by atoms with Crippen molar-refractivity contribution in [3.05, 3.63) is 17.0 Å². The molecule has 86 valence electrons. The van der Waals surface area contributed by atoms with E-state index in [-0.39, 0.29) is 0 Å². The van der Waals surface area contributed by atoms with Gasteiger partial charge in [0.15, 0.2) is 0 Å². The minimum atomic E-state index is 0.701. The summed E-state index contributed by atoms with van der Waals surface area (Å²) in [5, 5.41) is 7.97. The number of aryl methyl sites for hydroxylation is 2. The third-order valence-corrected chi connectivity index (χ3v) is 2.69. The quantitative estimate of drug-likeness (QED) is 0.806. The maximum Gasteiger partial charge on any atom is 0.0641 e. The molecule has 0 aromatic carbocycles. The van der Waals surface area contributed by atoms with Gasteiger partial charge in [-0.3, -0.25) is 4.68 Å². The Kier molecular flexibility index (Phi) is 4.33. The van der Waals surface area contributed by atoms with Gasteiger partial charge in [0.25, 0.3) is 0 Å². The van der Waals surface area contributed by atoms with E-state index in [0.717, 1.165) is 25.3 Å². The molecule has 0 aliphatic carbocycles. The Balaban J connectivity index is 2.64. The lowest BCUT2D eigenvalue weighted by Crippen LogP contribution is -2.19. The van der Waals surface area contributed by atoms with Gasteiger partial charge in [-0.05, 0) is 33.2 Å². The fourth-order valence-electron chi connectivity index (χ4n) is 1.78. The molecule has 0 radical (unpaired) electrons. The van der Waals surface area contributed by atoms with Gasteiger partial charge in [-0.15, -0.1) is 0 Å². The van der Waals surface area contributed by atoms with E-state index in [1.807, 2.05) is 0 Å². The number of rotatable bonds is 5. The lowest BCUT2D eigenvalue weighted by atomic mass is 10.2. The molecule has 0 fully saturated rings. The van der Waals surface area contributed by atoms with Crippen molar-refractivity contribution in [3.63, 3.8) is 0 Å². The van der Waals surface area contributed by atoms with E-state index in [9.17, 15) is 0 Å². The summed E-state index contributed by atoms with van der Waals surface area (Å²) >= 11 is 0. The molecule has 1 N–H and O–H groups in total. The zero-order chi connectivity index (χ0) is 11.4. The van der Waals surface area contributed by atoms with Crippen LogP contribution in [0.2, 0.25) is 0 Å². The lowest BCUT2D eigenvalue weighted by Gasteiger charge is -2.07. The molecule has 0 amide bonds. The van der Waals surface area contributed by atoms with Gasteiger partial charge < -0.3 is 5.32 Å². The first-order chi connectivity index (χ1) is 7.06. The zero-order valence-electron chi connectivity index (χ0n) is 10.6. The molecule has 0 saturated heterocycles. The summed E-state index contributed by atoms with van der Waals surface area (Å²) in [6.07, 6.45) is 0. The largest absolute Gasteiger partial charge is 0.312 e. The van der Waals surface area contributed by atoms with Crippen LogP contribution in [0.25, 0.3) is 0 Å². The standard InChI is InChI=1S/C12H23N3/c1-6-15-11(5)12(10(4)14-15)8-13-7-9(2)3/h9,13H,6-8H2,1-5H3. The first kappa shape index (κ1) is 12.2. The number of aromatic nitrogens is 2. The fourth-order valence-corrected chi connectivity index (χ4v) is 1.78. The Labute approximate surface area is 92.9 Å². The Morgan fingerprint density at radius 2 is 2.00 bits per heavy atom. The van der Waals surface area contributed by atoms with E-state index in [1.165, 1.54) is 11.3 Å². The van der Waals surface area contributed by atoms with Crippen molar-refractivity contribution >= 4 is 0 Å². The second-order valence-electron chi connectivity index (χ2n) is 4.49. The fraction of sp³-hybridized carbons (Fsp3) is 0.750. The van der Waals surface area contributed by atoms with Crippen LogP contribution in [0.3, 0.4) is 0 Å². The van der Waals surface area contributed by atoms with E-state index in [1.54, 1.807) is 0 Å². The van der Waals surface area contributed by atoms with Crippen LogP contribution in [-0.2, 0) is 13.1 Å². The molecule has 1 rings (SSSR count). The van der Waals surface area contributed by atoms with Gasteiger partial charge in [-0.25, -0.2) is 0 Å². The molecular formula is C12H23N3. The Morgan fingerprint density at radius 3 is 2.47 bits per heavy atom. The highest BCUT2D eigenvalue weighted by atomic mass is 15.3. The van der Waals surface area contributed by atoms with E-state index < -0.39 is 0 Å². The topological polar surface area (TPSA) is 29.9 Å². The van der Waals surface area contributed by atoms with Crippen LogP contribution < -0.4 is 5.32 Å². The van der Waals surface area contributed by atoms with Crippen molar-refractivity contribution in [2.75, 3.05) is 6.54 Å². The minimum absolute atomic E-state index is 0.701. The molecule has 15 heavy (non-hydrogen) atoms. The molecule has 0 spiro atoms. The van der Waals surface area contributed by atoms with E-state index in [2.05, 4.69) is 49.7 Å². The SMILES string of the molecule is CCn1nc(C)c(CNCC(C)C)c1C. The van der Waals surface area contributed by atoms with Gasteiger partial charge >= 0.3 is 0 Å². The van der Waals surface area contributed by atoms with Gasteiger partial charge in [-0.2, -0.15) is 5.10 Å². The molecule has 0 unspecified atom stereocenters. The monoisotopic (exact) mass is 209 g/mol. The highest BCUT2D eigenvalue weighted by molar-refractivity contribution is 5.24. The average Bonchev–Trinajstić information content (AvgIpc) is 2.44. The van der Waals surface area contributed by atoms with Crippen LogP contribution in [0.4, 0.5) is 0 Å². The molecular weight excluding hydrogens is 186 g/mol. The highest BCUT2D eigenvalue weighted by Gasteiger charge is 2.09. The van der Waals surface area contributed by atoms with Crippen LogP contribution in [0.1, 0.15) is 37.7 Å². The van der Waals surface area contributed by atoms with Crippen molar-refractivity contribution < 1.29 is 0 Å². The molecule has 0 bridgehead atoms. The van der Waals surface area contributed by atoms with Crippen LogP contribution in [0.15, 0.2) is 0 Å². The van der Waals surface area contributed by atoms with Crippen LogP contribution in [0, 0.1) is 19.8 Å². The molecule has 1 heterocycles. The van der Waals surface area contributed by atoms with Gasteiger partial charge in [-0.1, -0.05) is 13.8 Å². The van der Waals surface area contributed by atoms with Crippen molar-refractivity contribution in [1.82, 2.24) is 15.1 Å². The smallest absolute Gasteiger partial charge is 0.0641 e. The lowest BCUT2D eigenvalue weighted by molar-refractivity contribution is 0.550. The maximum atomic E-state index is 4.50. The molecule has 1 aromatic heterocycles. The summed E-state index contributed by atoms with van der Waals surface area (Å²) in [5.41, 5.74) is 3.81. The van der Waals surface area contributed by atoms with Crippen LogP contribution in [0.5, 0.6) is 0 Å². The van der Waals surface area contributed by atoms with Crippen molar-refractivity contribution in [1.29, 1.82) is 0 Å². The third-order valence-electron chi connectivity index (χ3n) is 2.69. The number of nitrogens with zero attached hydrogens (tertiary/aromatic N) is 2.